The average Bonchev–Trinajstić information content (AvgIpc) is 2.90. The predicted octanol–water partition coefficient (Wildman–Crippen LogP) is 7.80. The summed E-state index contributed by atoms with van der Waals surface area (Å²) in [5.74, 6) is -0.0331. The Balaban J connectivity index is 2.09. The Morgan fingerprint density at radius 3 is 1.70 bits per heavy atom. The Kier molecular flexibility index (Phi) is 8.42. The number of benzene rings is 3. The lowest BCUT2D eigenvalue weighted by molar-refractivity contribution is 0.183. The maximum atomic E-state index is 15.2. The van der Waals surface area contributed by atoms with E-state index in [1.165, 1.54) is 12.1 Å². The molecule has 0 saturated carbocycles. The summed E-state index contributed by atoms with van der Waals surface area (Å²) in [6, 6.07) is 26.0. The molecule has 0 amide bonds. The smallest absolute Gasteiger partial charge is 0.147 e. The van der Waals surface area contributed by atoms with Crippen LogP contribution in [-0.4, -0.2) is 12.1 Å². The van der Waals surface area contributed by atoms with Crippen molar-refractivity contribution >= 4 is 17.8 Å². The van der Waals surface area contributed by atoms with E-state index < -0.39 is 7.14 Å². The Labute approximate surface area is 220 Å². The van der Waals surface area contributed by atoms with Gasteiger partial charge in [-0.2, -0.15) is 0 Å². The Bertz CT molecular complexity index is 1340. The van der Waals surface area contributed by atoms with E-state index in [-0.39, 0.29) is 17.7 Å². The number of nitrogens with zero attached hydrogens (tertiary/aromatic N) is 1. The second-order valence-corrected chi connectivity index (χ2v) is 12.9. The minimum absolute atomic E-state index is 0.100. The molecule has 3 aromatic carbocycles. The molecule has 0 saturated heterocycles. The summed E-state index contributed by atoms with van der Waals surface area (Å²) in [6.45, 7) is 8.85. The number of halogens is 1. The zero-order chi connectivity index (χ0) is 26.6. The van der Waals surface area contributed by atoms with Gasteiger partial charge in [0.15, 0.2) is 0 Å². The topological polar surface area (TPSA) is 39.2 Å². The predicted molar refractivity (Wildman–Crippen MR) is 152 cm³/mol. The molecule has 5 heteroatoms. The minimum atomic E-state index is -3.10. The van der Waals surface area contributed by atoms with Gasteiger partial charge in [-0.15, -0.1) is 0 Å². The summed E-state index contributed by atoms with van der Waals surface area (Å²) in [5.41, 5.74) is 5.63. The maximum Gasteiger partial charge on any atom is 0.147 e. The Hall–Kier alpha value is -3.07. The van der Waals surface area contributed by atoms with Crippen molar-refractivity contribution in [2.24, 2.45) is 0 Å². The summed E-state index contributed by atoms with van der Waals surface area (Å²) in [6.07, 6.45) is 0.309. The number of pyridine rings is 1. The molecule has 3 nitrogen and oxygen atoms in total. The van der Waals surface area contributed by atoms with Crippen LogP contribution in [0.25, 0.3) is 11.1 Å². The van der Waals surface area contributed by atoms with Gasteiger partial charge in [-0.3, -0.25) is 4.98 Å². The van der Waals surface area contributed by atoms with Gasteiger partial charge < -0.3 is 9.30 Å². The molecule has 0 fully saturated rings. The quantitative estimate of drug-likeness (QED) is 0.214. The van der Waals surface area contributed by atoms with E-state index in [1.807, 2.05) is 60.7 Å². The second-order valence-electron chi connectivity index (χ2n) is 10.0. The van der Waals surface area contributed by atoms with E-state index >= 15 is 4.57 Å². The fraction of sp³-hybridized carbons (Fsp3) is 0.281. The van der Waals surface area contributed by atoms with E-state index in [1.54, 1.807) is 19.2 Å². The van der Waals surface area contributed by atoms with Crippen LogP contribution >= 0.6 is 7.14 Å². The summed E-state index contributed by atoms with van der Waals surface area (Å²) in [4.78, 5) is 5.19. The van der Waals surface area contributed by atoms with Gasteiger partial charge in [-0.25, -0.2) is 4.39 Å². The van der Waals surface area contributed by atoms with E-state index in [9.17, 15) is 4.39 Å². The number of hydrogen-bond acceptors (Lipinski definition) is 3. The molecule has 0 aliphatic carbocycles. The average molecular weight is 516 g/mol. The number of rotatable bonds is 9. The molecule has 1 aromatic heterocycles. The van der Waals surface area contributed by atoms with Gasteiger partial charge in [0.05, 0.1) is 6.61 Å². The van der Waals surface area contributed by atoms with Crippen molar-refractivity contribution in [2.75, 3.05) is 7.11 Å². The minimum Gasteiger partial charge on any atom is -0.380 e. The van der Waals surface area contributed by atoms with Crippen LogP contribution in [0.3, 0.4) is 0 Å². The molecule has 1 heterocycles. The Morgan fingerprint density at radius 2 is 1.24 bits per heavy atom. The highest BCUT2D eigenvalue weighted by Crippen LogP contribution is 2.50. The third-order valence-electron chi connectivity index (χ3n) is 6.71. The van der Waals surface area contributed by atoms with Crippen LogP contribution < -0.4 is 10.6 Å². The first-order chi connectivity index (χ1) is 17.8. The molecule has 0 aliphatic heterocycles. The van der Waals surface area contributed by atoms with Gasteiger partial charge in [-0.05, 0) is 40.7 Å². The molecule has 4 aromatic rings. The molecule has 0 unspecified atom stereocenters. The SMILES string of the molecule is COCc1c(C(C)C)nc(C(C)C)c(CP(=O)(c2ccccc2)c2ccccc2)c1-c1ccc(F)cc1. The summed E-state index contributed by atoms with van der Waals surface area (Å²) in [5, 5.41) is 1.62. The van der Waals surface area contributed by atoms with Crippen LogP contribution in [0.4, 0.5) is 4.39 Å². The number of hydrogen-bond donors (Lipinski definition) is 0. The molecule has 0 spiro atoms. The summed E-state index contributed by atoms with van der Waals surface area (Å²) in [7, 11) is -1.43. The van der Waals surface area contributed by atoms with E-state index in [0.717, 1.165) is 44.3 Å². The fourth-order valence-corrected chi connectivity index (χ4v) is 7.70. The van der Waals surface area contributed by atoms with Gasteiger partial charge in [0, 0.05) is 40.8 Å². The molecule has 0 atom stereocenters. The normalized spacial score (nSPS) is 11.9. The molecule has 37 heavy (non-hydrogen) atoms. The van der Waals surface area contributed by atoms with Crippen molar-refractivity contribution in [3.05, 3.63) is 113 Å². The third kappa shape index (κ3) is 5.61. The van der Waals surface area contributed by atoms with Crippen LogP contribution in [0.15, 0.2) is 84.9 Å². The molecular weight excluding hydrogens is 480 g/mol. The van der Waals surface area contributed by atoms with Crippen LogP contribution in [-0.2, 0) is 22.1 Å². The zero-order valence-electron chi connectivity index (χ0n) is 22.2. The number of aromatic nitrogens is 1. The van der Waals surface area contributed by atoms with E-state index in [2.05, 4.69) is 27.7 Å². The molecule has 4 rings (SSSR count). The first-order valence-electron chi connectivity index (χ1n) is 12.8. The van der Waals surface area contributed by atoms with Crippen LogP contribution in [0.2, 0.25) is 0 Å². The summed E-state index contributed by atoms with van der Waals surface area (Å²) < 4.78 is 34.8. The van der Waals surface area contributed by atoms with Crippen molar-refractivity contribution < 1.29 is 13.7 Å². The highest BCUT2D eigenvalue weighted by molar-refractivity contribution is 7.78. The van der Waals surface area contributed by atoms with Crippen molar-refractivity contribution in [2.45, 2.75) is 52.3 Å². The molecule has 0 N–H and O–H groups in total. The van der Waals surface area contributed by atoms with Gasteiger partial charge in [0.1, 0.15) is 13.0 Å². The van der Waals surface area contributed by atoms with Gasteiger partial charge in [0.2, 0.25) is 0 Å². The third-order valence-corrected chi connectivity index (χ3v) is 9.73. The highest BCUT2D eigenvalue weighted by Gasteiger charge is 2.33. The largest absolute Gasteiger partial charge is 0.380 e. The fourth-order valence-electron chi connectivity index (χ4n) is 4.97. The molecular formula is C32H35FNO2P. The standard InChI is InChI=1S/C32H35FNO2P/c1-22(2)31-28(20-36-5)30(24-16-18-25(33)19-17-24)29(32(34-31)23(3)4)21-37(35,26-12-8-6-9-13-26)27-14-10-7-11-15-27/h6-19,22-23H,20-21H2,1-5H3. The highest BCUT2D eigenvalue weighted by atomic mass is 31.2. The van der Waals surface area contributed by atoms with E-state index in [4.69, 9.17) is 9.72 Å². The lowest BCUT2D eigenvalue weighted by Gasteiger charge is -2.28. The van der Waals surface area contributed by atoms with Gasteiger partial charge in [0.25, 0.3) is 0 Å². The first-order valence-corrected chi connectivity index (χ1v) is 14.7. The number of ether oxygens (including phenoxy) is 1. The zero-order valence-corrected chi connectivity index (χ0v) is 23.1. The lowest BCUT2D eigenvalue weighted by atomic mass is 9.88. The number of methoxy groups -OCH3 is 1. The van der Waals surface area contributed by atoms with Crippen molar-refractivity contribution in [1.82, 2.24) is 4.98 Å². The van der Waals surface area contributed by atoms with Crippen molar-refractivity contribution in [3.63, 3.8) is 0 Å². The molecule has 0 radical (unpaired) electrons. The first kappa shape index (κ1) is 27.0. The van der Waals surface area contributed by atoms with Crippen molar-refractivity contribution in [1.29, 1.82) is 0 Å². The molecule has 0 aliphatic rings. The molecule has 192 valence electrons. The Morgan fingerprint density at radius 1 is 0.757 bits per heavy atom. The van der Waals surface area contributed by atoms with Crippen molar-refractivity contribution in [3.8, 4) is 11.1 Å². The second kappa shape index (κ2) is 11.5. The molecule has 0 bridgehead atoms. The lowest BCUT2D eigenvalue weighted by Crippen LogP contribution is -2.20. The maximum absolute atomic E-state index is 15.2. The van der Waals surface area contributed by atoms with Crippen LogP contribution in [0.1, 0.15) is 62.0 Å². The monoisotopic (exact) mass is 515 g/mol. The van der Waals surface area contributed by atoms with Crippen LogP contribution in [0.5, 0.6) is 0 Å². The van der Waals surface area contributed by atoms with Gasteiger partial charge >= 0.3 is 0 Å². The van der Waals surface area contributed by atoms with E-state index in [0.29, 0.717) is 12.8 Å². The van der Waals surface area contributed by atoms with Crippen LogP contribution in [0, 0.1) is 5.82 Å². The van der Waals surface area contributed by atoms with Gasteiger partial charge in [-0.1, -0.05) is 100 Å². The summed E-state index contributed by atoms with van der Waals surface area (Å²) >= 11 is 0.